The Hall–Kier alpha value is -2.04. The molecule has 0 aliphatic carbocycles. The Morgan fingerprint density at radius 2 is 2.31 bits per heavy atom. The Kier molecular flexibility index (Phi) is 2.76. The van der Waals surface area contributed by atoms with Gasteiger partial charge in [0.15, 0.2) is 5.78 Å². The molecule has 0 N–H and O–H groups in total. The smallest absolute Gasteiger partial charge is 0.170 e. The predicted octanol–water partition coefficient (Wildman–Crippen LogP) is 1.38. The minimum Gasteiger partial charge on any atom is -0.294 e. The molecular formula is C11H10FN3O. The number of hydrogen-bond donors (Lipinski definition) is 0. The molecule has 0 radical (unpaired) electrons. The van der Waals surface area contributed by atoms with Crippen molar-refractivity contribution in [3.63, 3.8) is 0 Å². The molecule has 0 bridgehead atoms. The first-order valence-electron chi connectivity index (χ1n) is 4.78. The van der Waals surface area contributed by atoms with E-state index in [2.05, 4.69) is 10.1 Å². The second-order valence-corrected chi connectivity index (χ2v) is 3.41. The number of carbonyl (C=O) groups is 1. The third kappa shape index (κ3) is 2.13. The molecule has 5 heteroatoms. The minimum absolute atomic E-state index is 0.125. The molecule has 0 amide bonds. The Balaban J connectivity index is 2.18. The van der Waals surface area contributed by atoms with E-state index in [9.17, 15) is 9.18 Å². The predicted molar refractivity (Wildman–Crippen MR) is 55.4 cm³/mol. The van der Waals surface area contributed by atoms with E-state index in [-0.39, 0.29) is 12.2 Å². The molecule has 1 heterocycles. The van der Waals surface area contributed by atoms with Gasteiger partial charge in [-0.3, -0.25) is 9.48 Å². The quantitative estimate of drug-likeness (QED) is 0.733. The van der Waals surface area contributed by atoms with Gasteiger partial charge in [0.05, 0.1) is 6.42 Å². The second kappa shape index (κ2) is 4.22. The third-order valence-corrected chi connectivity index (χ3v) is 2.27. The summed E-state index contributed by atoms with van der Waals surface area (Å²) in [6.07, 6.45) is 1.51. The van der Waals surface area contributed by atoms with Crippen LogP contribution in [-0.4, -0.2) is 20.5 Å². The highest BCUT2D eigenvalue weighted by molar-refractivity contribution is 5.97. The molecule has 0 fully saturated rings. The van der Waals surface area contributed by atoms with E-state index in [1.54, 1.807) is 13.1 Å². The van der Waals surface area contributed by atoms with E-state index >= 15 is 0 Å². The summed E-state index contributed by atoms with van der Waals surface area (Å²) in [5.74, 6) is -0.0197. The molecule has 1 aromatic heterocycles. The molecule has 16 heavy (non-hydrogen) atoms. The first-order chi connectivity index (χ1) is 7.66. The van der Waals surface area contributed by atoms with E-state index in [0.717, 1.165) is 0 Å². The van der Waals surface area contributed by atoms with Gasteiger partial charge in [0.25, 0.3) is 0 Å². The number of ketones is 1. The summed E-state index contributed by atoms with van der Waals surface area (Å²) in [5.41, 5.74) is 0.350. The van der Waals surface area contributed by atoms with Crippen LogP contribution < -0.4 is 0 Å². The normalized spacial score (nSPS) is 10.4. The van der Waals surface area contributed by atoms with Crippen molar-refractivity contribution in [2.75, 3.05) is 0 Å². The zero-order valence-corrected chi connectivity index (χ0v) is 8.72. The topological polar surface area (TPSA) is 47.8 Å². The molecule has 0 aliphatic heterocycles. The van der Waals surface area contributed by atoms with Crippen LogP contribution in [0.1, 0.15) is 16.2 Å². The fraction of sp³-hybridized carbons (Fsp3) is 0.182. The number of rotatable bonds is 3. The van der Waals surface area contributed by atoms with E-state index in [1.807, 2.05) is 0 Å². The highest BCUT2D eigenvalue weighted by Gasteiger charge is 2.11. The molecular weight excluding hydrogens is 209 g/mol. The SMILES string of the molecule is Cn1ncnc1CC(=O)c1cccc(F)c1. The van der Waals surface area contributed by atoms with Crippen LogP contribution in [0, 0.1) is 5.82 Å². The van der Waals surface area contributed by atoms with Crippen LogP contribution >= 0.6 is 0 Å². The Bertz CT molecular complexity index is 521. The molecule has 0 saturated heterocycles. The standard InChI is InChI=1S/C11H10FN3O/c1-15-11(13-7-14-15)6-10(16)8-3-2-4-9(12)5-8/h2-5,7H,6H2,1H3. The number of halogens is 1. The van der Waals surface area contributed by atoms with Gasteiger partial charge >= 0.3 is 0 Å². The van der Waals surface area contributed by atoms with Crippen molar-refractivity contribution in [1.29, 1.82) is 0 Å². The van der Waals surface area contributed by atoms with Crippen LogP contribution in [0.3, 0.4) is 0 Å². The lowest BCUT2D eigenvalue weighted by Crippen LogP contribution is -2.09. The van der Waals surface area contributed by atoms with Crippen molar-refractivity contribution in [1.82, 2.24) is 14.8 Å². The average Bonchev–Trinajstić information content (AvgIpc) is 2.64. The van der Waals surface area contributed by atoms with Gasteiger partial charge in [-0.1, -0.05) is 12.1 Å². The summed E-state index contributed by atoms with van der Waals surface area (Å²) >= 11 is 0. The molecule has 1 aromatic carbocycles. The number of Topliss-reactive ketones (excluding diaryl/α,β-unsaturated/α-hetero) is 1. The van der Waals surface area contributed by atoms with Crippen LogP contribution in [0.5, 0.6) is 0 Å². The van der Waals surface area contributed by atoms with E-state index in [4.69, 9.17) is 0 Å². The van der Waals surface area contributed by atoms with Gasteiger partial charge in [-0.25, -0.2) is 9.37 Å². The van der Waals surface area contributed by atoms with Gasteiger partial charge in [-0.15, -0.1) is 0 Å². The van der Waals surface area contributed by atoms with Gasteiger partial charge in [-0.05, 0) is 12.1 Å². The van der Waals surface area contributed by atoms with Crippen LogP contribution in [0.2, 0.25) is 0 Å². The van der Waals surface area contributed by atoms with Gasteiger partial charge < -0.3 is 0 Å². The zero-order chi connectivity index (χ0) is 11.5. The van der Waals surface area contributed by atoms with Crippen molar-refractivity contribution in [2.24, 2.45) is 7.05 Å². The summed E-state index contributed by atoms with van der Waals surface area (Å²) in [7, 11) is 1.71. The van der Waals surface area contributed by atoms with Gasteiger partial charge in [-0.2, -0.15) is 5.10 Å². The molecule has 82 valence electrons. The Labute approximate surface area is 91.7 Å². The minimum atomic E-state index is -0.413. The number of hydrogen-bond acceptors (Lipinski definition) is 3. The van der Waals surface area contributed by atoms with E-state index < -0.39 is 5.82 Å². The van der Waals surface area contributed by atoms with Crippen molar-refractivity contribution in [2.45, 2.75) is 6.42 Å². The molecule has 0 unspecified atom stereocenters. The summed E-state index contributed by atoms with van der Waals surface area (Å²) in [6.45, 7) is 0. The highest BCUT2D eigenvalue weighted by atomic mass is 19.1. The molecule has 4 nitrogen and oxygen atoms in total. The van der Waals surface area contributed by atoms with Crippen LogP contribution in [-0.2, 0) is 13.5 Å². The van der Waals surface area contributed by atoms with Crippen LogP contribution in [0.25, 0.3) is 0 Å². The van der Waals surface area contributed by atoms with Gasteiger partial charge in [0.1, 0.15) is 18.0 Å². The largest absolute Gasteiger partial charge is 0.294 e. The molecule has 0 atom stereocenters. The fourth-order valence-electron chi connectivity index (χ4n) is 1.39. The van der Waals surface area contributed by atoms with Crippen molar-refractivity contribution >= 4 is 5.78 Å². The number of aromatic nitrogens is 3. The molecule has 0 spiro atoms. The van der Waals surface area contributed by atoms with Crippen molar-refractivity contribution < 1.29 is 9.18 Å². The van der Waals surface area contributed by atoms with E-state index in [1.165, 1.54) is 29.2 Å². The Morgan fingerprint density at radius 3 is 2.94 bits per heavy atom. The highest BCUT2D eigenvalue weighted by Crippen LogP contribution is 2.07. The lowest BCUT2D eigenvalue weighted by Gasteiger charge is -2.00. The second-order valence-electron chi connectivity index (χ2n) is 3.41. The first-order valence-corrected chi connectivity index (χ1v) is 4.78. The summed E-state index contributed by atoms with van der Waals surface area (Å²) in [5, 5.41) is 3.86. The Morgan fingerprint density at radius 1 is 1.50 bits per heavy atom. The number of nitrogens with zero attached hydrogens (tertiary/aromatic N) is 3. The number of carbonyl (C=O) groups excluding carboxylic acids is 1. The number of aryl methyl sites for hydroxylation is 1. The maximum atomic E-state index is 12.9. The fourth-order valence-corrected chi connectivity index (χ4v) is 1.39. The van der Waals surface area contributed by atoms with Gasteiger partial charge in [0.2, 0.25) is 0 Å². The third-order valence-electron chi connectivity index (χ3n) is 2.27. The van der Waals surface area contributed by atoms with Crippen molar-refractivity contribution in [3.8, 4) is 0 Å². The van der Waals surface area contributed by atoms with E-state index in [0.29, 0.717) is 11.4 Å². The van der Waals surface area contributed by atoms with Crippen LogP contribution in [0.4, 0.5) is 4.39 Å². The molecule has 0 saturated carbocycles. The lowest BCUT2D eigenvalue weighted by molar-refractivity contribution is 0.0989. The number of benzene rings is 1. The van der Waals surface area contributed by atoms with Crippen molar-refractivity contribution in [3.05, 3.63) is 47.8 Å². The lowest BCUT2D eigenvalue weighted by atomic mass is 10.1. The monoisotopic (exact) mass is 219 g/mol. The maximum Gasteiger partial charge on any atom is 0.170 e. The zero-order valence-electron chi connectivity index (χ0n) is 8.72. The molecule has 0 aliphatic rings. The summed E-state index contributed by atoms with van der Waals surface area (Å²) < 4.78 is 14.4. The average molecular weight is 219 g/mol. The molecule has 2 aromatic rings. The first kappa shape index (κ1) is 10.5. The summed E-state index contributed by atoms with van der Waals surface area (Å²) in [4.78, 5) is 15.7. The van der Waals surface area contributed by atoms with Gasteiger partial charge in [0, 0.05) is 12.6 Å². The summed E-state index contributed by atoms with van der Waals surface area (Å²) in [6, 6.07) is 5.62. The maximum absolute atomic E-state index is 12.9. The molecule has 2 rings (SSSR count). The van der Waals surface area contributed by atoms with Crippen LogP contribution in [0.15, 0.2) is 30.6 Å².